The van der Waals surface area contributed by atoms with E-state index in [2.05, 4.69) is 19.8 Å². The highest BCUT2D eigenvalue weighted by atomic mass is 32.2. The maximum atomic E-state index is 15.4. The predicted molar refractivity (Wildman–Crippen MR) is 115 cm³/mol. The first kappa shape index (κ1) is 20.5. The maximum Gasteiger partial charge on any atom is 0.262 e. The number of anilines is 2. The summed E-state index contributed by atoms with van der Waals surface area (Å²) in [4.78, 5) is 8.06. The first-order valence-corrected chi connectivity index (χ1v) is 10.6. The minimum absolute atomic E-state index is 0.0171. The molecule has 0 aliphatic heterocycles. The number of nitrogens with one attached hydrogen (secondary N) is 1. The third-order valence-corrected chi connectivity index (χ3v) is 6.19. The summed E-state index contributed by atoms with van der Waals surface area (Å²) in [7, 11) is -0.906. The minimum atomic E-state index is -4.05. The van der Waals surface area contributed by atoms with Crippen LogP contribution in [0.15, 0.2) is 47.6 Å². The SMILES string of the molecule is COc1ccc(S(=O)(=O)Nc2cccc(-c3nn(C)c4ncnc(N)c34)c2F)cc1C. The van der Waals surface area contributed by atoms with Crippen LogP contribution in [0.1, 0.15) is 5.56 Å². The summed E-state index contributed by atoms with van der Waals surface area (Å²) in [5.74, 6) is -0.0966. The summed E-state index contributed by atoms with van der Waals surface area (Å²) >= 11 is 0. The van der Waals surface area contributed by atoms with Crippen LogP contribution in [0.4, 0.5) is 15.9 Å². The topological polar surface area (TPSA) is 125 Å². The van der Waals surface area contributed by atoms with Crippen molar-refractivity contribution in [2.45, 2.75) is 11.8 Å². The van der Waals surface area contributed by atoms with Crippen molar-refractivity contribution < 1.29 is 17.5 Å². The van der Waals surface area contributed by atoms with Crippen LogP contribution < -0.4 is 15.2 Å². The van der Waals surface area contributed by atoms with Crippen molar-refractivity contribution >= 4 is 32.6 Å². The van der Waals surface area contributed by atoms with Gasteiger partial charge in [-0.3, -0.25) is 4.72 Å². The van der Waals surface area contributed by atoms with Gasteiger partial charge < -0.3 is 10.5 Å². The largest absolute Gasteiger partial charge is 0.496 e. The van der Waals surface area contributed by atoms with Gasteiger partial charge in [-0.25, -0.2) is 27.5 Å². The number of rotatable bonds is 5. The summed E-state index contributed by atoms with van der Waals surface area (Å²) < 4.78 is 50.0. The standard InChI is InChI=1S/C20H19FN6O3S/c1-11-9-12(7-8-15(11)30-3)31(28,29)26-14-6-4-5-13(17(14)21)18-16-19(22)23-10-24-20(16)27(2)25-18/h4-10,26H,1-3H3,(H2,22,23,24). The molecule has 0 aliphatic rings. The Hall–Kier alpha value is -3.73. The van der Waals surface area contributed by atoms with Crippen LogP contribution in [-0.4, -0.2) is 35.3 Å². The molecule has 2 aromatic carbocycles. The van der Waals surface area contributed by atoms with Gasteiger partial charge in [0.1, 0.15) is 23.6 Å². The van der Waals surface area contributed by atoms with Gasteiger partial charge >= 0.3 is 0 Å². The van der Waals surface area contributed by atoms with E-state index in [4.69, 9.17) is 10.5 Å². The number of nitrogens with two attached hydrogens (primary N) is 1. The zero-order valence-corrected chi connectivity index (χ0v) is 17.7. The molecule has 0 aliphatic carbocycles. The van der Waals surface area contributed by atoms with Crippen molar-refractivity contribution in [2.75, 3.05) is 17.6 Å². The van der Waals surface area contributed by atoms with Crippen molar-refractivity contribution in [3.05, 3.63) is 54.1 Å². The van der Waals surface area contributed by atoms with Crippen molar-refractivity contribution in [1.82, 2.24) is 19.7 Å². The fraction of sp³-hybridized carbons (Fsp3) is 0.150. The molecule has 0 saturated heterocycles. The Labute approximate surface area is 177 Å². The van der Waals surface area contributed by atoms with E-state index in [1.54, 1.807) is 20.0 Å². The Morgan fingerprint density at radius 3 is 2.68 bits per heavy atom. The summed E-state index contributed by atoms with van der Waals surface area (Å²) in [6, 6.07) is 8.72. The molecular weight excluding hydrogens is 423 g/mol. The van der Waals surface area contributed by atoms with Gasteiger partial charge in [-0.2, -0.15) is 5.10 Å². The number of aryl methyl sites for hydroxylation is 2. The van der Waals surface area contributed by atoms with Crippen molar-refractivity contribution in [3.8, 4) is 17.0 Å². The highest BCUT2D eigenvalue weighted by Crippen LogP contribution is 2.34. The second-order valence-electron chi connectivity index (χ2n) is 6.83. The highest BCUT2D eigenvalue weighted by molar-refractivity contribution is 7.92. The number of nitrogens with zero attached hydrogens (tertiary/aromatic N) is 4. The Morgan fingerprint density at radius 1 is 1.19 bits per heavy atom. The van der Waals surface area contributed by atoms with Gasteiger partial charge in [0.05, 0.1) is 23.1 Å². The fourth-order valence-electron chi connectivity index (χ4n) is 3.31. The number of fused-ring (bicyclic) bond motifs is 1. The van der Waals surface area contributed by atoms with E-state index in [1.165, 1.54) is 48.5 Å². The first-order valence-electron chi connectivity index (χ1n) is 9.12. The molecule has 11 heteroatoms. The Kier molecular flexibility index (Phi) is 4.97. The second-order valence-corrected chi connectivity index (χ2v) is 8.52. The molecule has 9 nitrogen and oxygen atoms in total. The quantitative estimate of drug-likeness (QED) is 0.487. The van der Waals surface area contributed by atoms with Crippen LogP contribution in [-0.2, 0) is 17.1 Å². The average Bonchev–Trinajstić information content (AvgIpc) is 3.07. The Bertz CT molecular complexity index is 1420. The monoisotopic (exact) mass is 442 g/mol. The number of aromatic nitrogens is 4. The summed E-state index contributed by atoms with van der Waals surface area (Å²) in [5.41, 5.74) is 7.09. The van der Waals surface area contributed by atoms with Gasteiger partial charge in [0.15, 0.2) is 11.5 Å². The van der Waals surface area contributed by atoms with Crippen LogP contribution in [0.3, 0.4) is 0 Å². The van der Waals surface area contributed by atoms with Gasteiger partial charge in [0, 0.05) is 12.6 Å². The summed E-state index contributed by atoms with van der Waals surface area (Å²) in [6.45, 7) is 1.72. The molecule has 2 aromatic heterocycles. The van der Waals surface area contributed by atoms with Crippen LogP contribution >= 0.6 is 0 Å². The molecule has 0 saturated carbocycles. The second kappa shape index (κ2) is 7.51. The molecule has 0 unspecified atom stereocenters. The fourth-order valence-corrected chi connectivity index (χ4v) is 4.46. The Morgan fingerprint density at radius 2 is 1.97 bits per heavy atom. The van der Waals surface area contributed by atoms with Gasteiger partial charge in [-0.15, -0.1) is 0 Å². The zero-order chi connectivity index (χ0) is 22.3. The van der Waals surface area contributed by atoms with Gasteiger partial charge in [0.25, 0.3) is 10.0 Å². The minimum Gasteiger partial charge on any atom is -0.496 e. The summed E-state index contributed by atoms with van der Waals surface area (Å²) in [5, 5.41) is 4.70. The molecule has 0 bridgehead atoms. The average molecular weight is 442 g/mol. The smallest absolute Gasteiger partial charge is 0.262 e. The van der Waals surface area contributed by atoms with E-state index < -0.39 is 15.8 Å². The third-order valence-electron chi connectivity index (χ3n) is 4.82. The first-order chi connectivity index (χ1) is 14.7. The number of ether oxygens (including phenoxy) is 1. The number of hydrogen-bond acceptors (Lipinski definition) is 7. The van der Waals surface area contributed by atoms with E-state index in [1.807, 2.05) is 0 Å². The molecule has 0 spiro atoms. The number of halogens is 1. The lowest BCUT2D eigenvalue weighted by Gasteiger charge is -2.12. The molecule has 31 heavy (non-hydrogen) atoms. The molecule has 160 valence electrons. The molecule has 0 radical (unpaired) electrons. The van der Waals surface area contributed by atoms with Crippen molar-refractivity contribution in [2.24, 2.45) is 7.05 Å². The van der Waals surface area contributed by atoms with Gasteiger partial charge in [-0.1, -0.05) is 6.07 Å². The van der Waals surface area contributed by atoms with Crippen molar-refractivity contribution in [3.63, 3.8) is 0 Å². The normalized spacial score (nSPS) is 11.6. The lowest BCUT2D eigenvalue weighted by atomic mass is 10.1. The number of hydrogen-bond donors (Lipinski definition) is 2. The molecule has 0 amide bonds. The van der Waals surface area contributed by atoms with Gasteiger partial charge in [-0.05, 0) is 42.8 Å². The Balaban J connectivity index is 1.78. The molecular formula is C20H19FN6O3S. The lowest BCUT2D eigenvalue weighted by molar-refractivity contribution is 0.411. The van der Waals surface area contributed by atoms with E-state index in [-0.39, 0.29) is 27.7 Å². The van der Waals surface area contributed by atoms with Gasteiger partial charge in [0.2, 0.25) is 0 Å². The number of nitrogen functional groups attached to an aromatic ring is 1. The highest BCUT2D eigenvalue weighted by Gasteiger charge is 2.22. The van der Waals surface area contributed by atoms with Crippen LogP contribution in [0, 0.1) is 12.7 Å². The molecule has 3 N–H and O–H groups in total. The predicted octanol–water partition coefficient (Wildman–Crippen LogP) is 2.87. The maximum absolute atomic E-state index is 15.4. The number of benzene rings is 2. The summed E-state index contributed by atoms with van der Waals surface area (Å²) in [6.07, 6.45) is 1.29. The van der Waals surface area contributed by atoms with E-state index in [0.717, 1.165) is 0 Å². The molecule has 0 fully saturated rings. The molecule has 0 atom stereocenters. The van der Waals surface area contributed by atoms with Crippen LogP contribution in [0.25, 0.3) is 22.3 Å². The zero-order valence-electron chi connectivity index (χ0n) is 16.9. The van der Waals surface area contributed by atoms with Crippen molar-refractivity contribution in [1.29, 1.82) is 0 Å². The number of methoxy groups -OCH3 is 1. The molecule has 4 rings (SSSR count). The molecule has 2 heterocycles. The third kappa shape index (κ3) is 3.52. The van der Waals surface area contributed by atoms with Crippen LogP contribution in [0.5, 0.6) is 5.75 Å². The van der Waals surface area contributed by atoms with Crippen LogP contribution in [0.2, 0.25) is 0 Å². The van der Waals surface area contributed by atoms with E-state index >= 15 is 4.39 Å². The number of sulfonamides is 1. The lowest BCUT2D eigenvalue weighted by Crippen LogP contribution is -2.14. The van der Waals surface area contributed by atoms with E-state index in [9.17, 15) is 8.42 Å². The molecule has 4 aromatic rings. The van der Waals surface area contributed by atoms with E-state index in [0.29, 0.717) is 22.3 Å².